The van der Waals surface area contributed by atoms with Crippen LogP contribution in [0, 0.1) is 0 Å². The summed E-state index contributed by atoms with van der Waals surface area (Å²) in [7, 11) is 0. The highest BCUT2D eigenvalue weighted by atomic mass is 79.9. The summed E-state index contributed by atoms with van der Waals surface area (Å²) in [6, 6.07) is 5.51. The van der Waals surface area contributed by atoms with E-state index in [0.717, 1.165) is 10.2 Å². The van der Waals surface area contributed by atoms with E-state index in [4.69, 9.17) is 23.2 Å². The van der Waals surface area contributed by atoms with E-state index in [1.54, 1.807) is 12.3 Å². The van der Waals surface area contributed by atoms with Gasteiger partial charge in [0.15, 0.2) is 5.82 Å². The molecule has 3 nitrogen and oxygen atoms in total. The van der Waals surface area contributed by atoms with Crippen LogP contribution in [-0.4, -0.2) is 9.97 Å². The molecule has 0 atom stereocenters. The largest absolute Gasteiger partial charge is 0.339 e. The van der Waals surface area contributed by atoms with Crippen molar-refractivity contribution in [1.82, 2.24) is 9.97 Å². The Labute approximate surface area is 111 Å². The molecule has 0 saturated carbocycles. The lowest BCUT2D eigenvalue weighted by atomic mass is 10.3. The van der Waals surface area contributed by atoms with Crippen LogP contribution in [0.1, 0.15) is 0 Å². The van der Waals surface area contributed by atoms with Crippen LogP contribution in [-0.2, 0) is 0 Å². The summed E-state index contributed by atoms with van der Waals surface area (Å²) in [6.07, 6.45) is 3.06. The molecule has 0 saturated heterocycles. The standard InChI is InChI=1S/C10H6BrCl2N3/c11-7-2-1-6(3-8(7)12)15-10-5-14-4-9(13)16-10/h1-5H,(H,15,16). The molecule has 0 aliphatic heterocycles. The summed E-state index contributed by atoms with van der Waals surface area (Å²) in [4.78, 5) is 7.98. The van der Waals surface area contributed by atoms with Gasteiger partial charge >= 0.3 is 0 Å². The van der Waals surface area contributed by atoms with Gasteiger partial charge in [0, 0.05) is 10.2 Å². The van der Waals surface area contributed by atoms with E-state index in [-0.39, 0.29) is 0 Å². The Morgan fingerprint density at radius 1 is 1.19 bits per heavy atom. The molecule has 0 aliphatic carbocycles. The number of hydrogen-bond donors (Lipinski definition) is 1. The van der Waals surface area contributed by atoms with E-state index < -0.39 is 0 Å². The molecule has 2 aromatic rings. The highest BCUT2D eigenvalue weighted by molar-refractivity contribution is 9.10. The van der Waals surface area contributed by atoms with E-state index >= 15 is 0 Å². The minimum Gasteiger partial charge on any atom is -0.339 e. The average Bonchev–Trinajstić information content (AvgIpc) is 2.24. The van der Waals surface area contributed by atoms with Crippen molar-refractivity contribution in [2.75, 3.05) is 5.32 Å². The van der Waals surface area contributed by atoms with Gasteiger partial charge in [-0.2, -0.15) is 0 Å². The van der Waals surface area contributed by atoms with Crippen LogP contribution in [0.5, 0.6) is 0 Å². The highest BCUT2D eigenvalue weighted by Crippen LogP contribution is 2.26. The molecule has 82 valence electrons. The number of hydrogen-bond acceptors (Lipinski definition) is 3. The second kappa shape index (κ2) is 4.99. The fraction of sp³-hybridized carbons (Fsp3) is 0. The van der Waals surface area contributed by atoms with Gasteiger partial charge in [-0.1, -0.05) is 23.2 Å². The van der Waals surface area contributed by atoms with Gasteiger partial charge in [0.25, 0.3) is 0 Å². The summed E-state index contributed by atoms with van der Waals surface area (Å²) in [6.45, 7) is 0. The Morgan fingerprint density at radius 3 is 2.69 bits per heavy atom. The molecule has 0 spiro atoms. The summed E-state index contributed by atoms with van der Waals surface area (Å²) >= 11 is 15.0. The molecule has 0 aliphatic rings. The third-order valence-corrected chi connectivity index (χ3v) is 3.21. The van der Waals surface area contributed by atoms with Crippen LogP contribution in [0.3, 0.4) is 0 Å². The van der Waals surface area contributed by atoms with Gasteiger partial charge in [-0.15, -0.1) is 0 Å². The lowest BCUT2D eigenvalue weighted by Gasteiger charge is -2.06. The number of nitrogens with zero attached hydrogens (tertiary/aromatic N) is 2. The first-order chi connectivity index (χ1) is 7.65. The SMILES string of the molecule is Clc1cncc(Nc2ccc(Br)c(Cl)c2)n1. The maximum atomic E-state index is 5.96. The van der Waals surface area contributed by atoms with Gasteiger partial charge in [0.05, 0.1) is 17.4 Å². The van der Waals surface area contributed by atoms with Crippen LogP contribution in [0.4, 0.5) is 11.5 Å². The van der Waals surface area contributed by atoms with Crippen LogP contribution in [0.25, 0.3) is 0 Å². The molecule has 0 unspecified atom stereocenters. The van der Waals surface area contributed by atoms with E-state index in [1.165, 1.54) is 6.20 Å². The average molecular weight is 319 g/mol. The van der Waals surface area contributed by atoms with E-state index in [1.807, 2.05) is 12.1 Å². The number of rotatable bonds is 2. The minimum atomic E-state index is 0.341. The normalized spacial score (nSPS) is 10.2. The van der Waals surface area contributed by atoms with Gasteiger partial charge in [-0.25, -0.2) is 4.98 Å². The first-order valence-corrected chi connectivity index (χ1v) is 5.89. The van der Waals surface area contributed by atoms with Crippen molar-refractivity contribution in [3.63, 3.8) is 0 Å². The highest BCUT2D eigenvalue weighted by Gasteiger charge is 2.01. The molecule has 1 aromatic heterocycles. The second-order valence-electron chi connectivity index (χ2n) is 2.98. The quantitative estimate of drug-likeness (QED) is 0.897. The summed E-state index contributed by atoms with van der Waals surface area (Å²) < 4.78 is 0.844. The minimum absolute atomic E-state index is 0.341. The number of nitrogens with one attached hydrogen (secondary N) is 1. The Hall–Kier alpha value is -0.840. The predicted molar refractivity (Wildman–Crippen MR) is 69.5 cm³/mol. The van der Waals surface area contributed by atoms with Crippen LogP contribution < -0.4 is 5.32 Å². The molecule has 16 heavy (non-hydrogen) atoms. The lowest BCUT2D eigenvalue weighted by Crippen LogP contribution is -1.94. The predicted octanol–water partition coefficient (Wildman–Crippen LogP) is 4.29. The van der Waals surface area contributed by atoms with Crippen molar-refractivity contribution in [2.45, 2.75) is 0 Å². The Bertz CT molecular complexity index is 519. The molecule has 0 radical (unpaired) electrons. The maximum Gasteiger partial charge on any atom is 0.150 e. The number of halogens is 3. The van der Waals surface area contributed by atoms with Crippen molar-refractivity contribution in [3.05, 3.63) is 45.2 Å². The first-order valence-electron chi connectivity index (χ1n) is 4.35. The van der Waals surface area contributed by atoms with Gasteiger partial charge in [-0.3, -0.25) is 4.98 Å². The summed E-state index contributed by atoms with van der Waals surface area (Å²) in [5.74, 6) is 0.575. The first kappa shape index (κ1) is 11.6. The molecule has 1 heterocycles. The lowest BCUT2D eigenvalue weighted by molar-refractivity contribution is 1.20. The van der Waals surface area contributed by atoms with Gasteiger partial charge in [0.1, 0.15) is 5.15 Å². The fourth-order valence-electron chi connectivity index (χ4n) is 1.12. The van der Waals surface area contributed by atoms with Gasteiger partial charge < -0.3 is 5.32 Å². The number of aromatic nitrogens is 2. The van der Waals surface area contributed by atoms with Crippen molar-refractivity contribution in [3.8, 4) is 0 Å². The van der Waals surface area contributed by atoms with Crippen LogP contribution >= 0.6 is 39.1 Å². The molecule has 1 aromatic carbocycles. The number of benzene rings is 1. The molecule has 0 amide bonds. The van der Waals surface area contributed by atoms with Crippen molar-refractivity contribution in [2.24, 2.45) is 0 Å². The maximum absolute atomic E-state index is 5.96. The summed E-state index contributed by atoms with van der Waals surface area (Å²) in [5.41, 5.74) is 0.824. The summed E-state index contributed by atoms with van der Waals surface area (Å²) in [5, 5.41) is 4.02. The van der Waals surface area contributed by atoms with Gasteiger partial charge in [-0.05, 0) is 34.1 Å². The molecule has 1 N–H and O–H groups in total. The van der Waals surface area contributed by atoms with E-state index in [2.05, 4.69) is 31.2 Å². The zero-order valence-corrected chi connectivity index (χ0v) is 11.0. The van der Waals surface area contributed by atoms with Crippen molar-refractivity contribution >= 4 is 50.6 Å². The van der Waals surface area contributed by atoms with E-state index in [9.17, 15) is 0 Å². The molecule has 2 rings (SSSR count). The third-order valence-electron chi connectivity index (χ3n) is 1.80. The monoisotopic (exact) mass is 317 g/mol. The van der Waals surface area contributed by atoms with Crippen LogP contribution in [0.15, 0.2) is 35.1 Å². The smallest absolute Gasteiger partial charge is 0.150 e. The van der Waals surface area contributed by atoms with Crippen molar-refractivity contribution < 1.29 is 0 Å². The Balaban J connectivity index is 2.24. The van der Waals surface area contributed by atoms with Gasteiger partial charge in [0.2, 0.25) is 0 Å². The Morgan fingerprint density at radius 2 is 2.00 bits per heavy atom. The third kappa shape index (κ3) is 2.84. The zero-order valence-electron chi connectivity index (χ0n) is 7.92. The number of anilines is 2. The zero-order chi connectivity index (χ0) is 11.5. The molecule has 0 bridgehead atoms. The molecule has 6 heteroatoms. The molecular weight excluding hydrogens is 313 g/mol. The van der Waals surface area contributed by atoms with E-state index in [0.29, 0.717) is 16.0 Å². The van der Waals surface area contributed by atoms with Crippen molar-refractivity contribution in [1.29, 1.82) is 0 Å². The fourth-order valence-corrected chi connectivity index (χ4v) is 1.70. The topological polar surface area (TPSA) is 37.8 Å². The van der Waals surface area contributed by atoms with Crippen LogP contribution in [0.2, 0.25) is 10.2 Å². The second-order valence-corrected chi connectivity index (χ2v) is 4.63. The molecule has 0 fully saturated rings. The molecular formula is C10H6BrCl2N3. The Kier molecular flexibility index (Phi) is 3.63.